The van der Waals surface area contributed by atoms with E-state index in [0.29, 0.717) is 12.8 Å². The molecule has 8 heteroatoms. The quantitative estimate of drug-likeness (QED) is 0.296. The number of esters is 1. The number of carbonyl (C=O) groups is 1. The lowest BCUT2D eigenvalue weighted by Crippen LogP contribution is -2.16. The maximum Gasteiger partial charge on any atom is 0.305 e. The van der Waals surface area contributed by atoms with E-state index in [1.165, 1.54) is 7.11 Å². The Balaban J connectivity index is 1.47. The average molecular weight is 638 g/mol. The van der Waals surface area contributed by atoms with Gasteiger partial charge in [-0.3, -0.25) is 9.78 Å². The zero-order chi connectivity index (χ0) is 33.7. The standard InChI is InChI=1S/C40H39N5O3/c1-7-25-21(3)30-18-32-23(5)27(11-12-37(47)48-6)39(44-32)29-17-36(46)38-28(10-9-24-13-15-41-16-14-24)35(45-40(29)38)20-34-26(8-2)22(4)31(43-34)19-33(25)42-30/h7,9-10,13-16,18-20,23,27,44,46H,1,8,11-12,17H2,2-6H3/b10-9+,32-18?,33-19?,34-20?,39-29?/t23-,27-/m0/s1. The highest BCUT2D eigenvalue weighted by molar-refractivity contribution is 6.22. The fourth-order valence-electron chi connectivity index (χ4n) is 7.42. The number of aromatic nitrogens is 1. The lowest BCUT2D eigenvalue weighted by molar-refractivity contribution is -0.140. The first-order chi connectivity index (χ1) is 23.2. The lowest BCUT2D eigenvalue weighted by Gasteiger charge is -2.17. The van der Waals surface area contributed by atoms with Gasteiger partial charge in [0.2, 0.25) is 0 Å². The molecule has 7 rings (SSSR count). The number of nitrogens with zero attached hydrogens (tertiary/aromatic N) is 4. The van der Waals surface area contributed by atoms with Crippen LogP contribution in [-0.4, -0.2) is 40.3 Å². The molecule has 2 atom stereocenters. The Kier molecular flexibility index (Phi) is 8.03. The maximum absolute atomic E-state index is 12.3. The topological polar surface area (TPSA) is 109 Å². The van der Waals surface area contributed by atoms with E-state index >= 15 is 0 Å². The van der Waals surface area contributed by atoms with E-state index in [-0.39, 0.29) is 30.0 Å². The van der Waals surface area contributed by atoms with Gasteiger partial charge in [-0.15, -0.1) is 0 Å². The number of ether oxygens (including phenoxy) is 1. The number of carbonyl (C=O) groups excluding carboxylic acids is 1. The summed E-state index contributed by atoms with van der Waals surface area (Å²) >= 11 is 0. The Morgan fingerprint density at radius 1 is 1.04 bits per heavy atom. The highest BCUT2D eigenvalue weighted by atomic mass is 16.5. The molecular formula is C40H39N5O3. The molecule has 1 aliphatic carbocycles. The van der Waals surface area contributed by atoms with Crippen LogP contribution >= 0.6 is 0 Å². The van der Waals surface area contributed by atoms with Gasteiger partial charge in [0.25, 0.3) is 0 Å². The molecule has 6 heterocycles. The van der Waals surface area contributed by atoms with E-state index < -0.39 is 0 Å². The van der Waals surface area contributed by atoms with Crippen molar-refractivity contribution >= 4 is 29.2 Å². The summed E-state index contributed by atoms with van der Waals surface area (Å²) in [5.74, 6) is 0.0607. The zero-order valence-electron chi connectivity index (χ0n) is 28.0. The first-order valence-electron chi connectivity index (χ1n) is 16.5. The first kappa shape index (κ1) is 31.2. The van der Waals surface area contributed by atoms with Gasteiger partial charge in [-0.05, 0) is 79.3 Å². The number of methoxy groups -OCH3 is 1. The van der Waals surface area contributed by atoms with E-state index in [1.54, 1.807) is 12.4 Å². The largest absolute Gasteiger partial charge is 0.511 e. The summed E-state index contributed by atoms with van der Waals surface area (Å²) in [4.78, 5) is 32.0. The normalized spacial score (nSPS) is 23.1. The van der Waals surface area contributed by atoms with Gasteiger partial charge in [0.1, 0.15) is 5.76 Å². The summed E-state index contributed by atoms with van der Waals surface area (Å²) in [6, 6.07) is 3.89. The highest BCUT2D eigenvalue weighted by Crippen LogP contribution is 2.47. The second-order valence-corrected chi connectivity index (χ2v) is 12.8. The molecule has 2 N–H and O–H groups in total. The molecule has 1 fully saturated rings. The molecule has 0 saturated carbocycles. The summed E-state index contributed by atoms with van der Waals surface area (Å²) < 4.78 is 5.02. The summed E-state index contributed by atoms with van der Waals surface area (Å²) in [7, 11) is 1.42. The van der Waals surface area contributed by atoms with Gasteiger partial charge in [-0.1, -0.05) is 38.7 Å². The molecule has 8 nitrogen and oxygen atoms in total. The number of pyridine rings is 1. The van der Waals surface area contributed by atoms with Gasteiger partial charge < -0.3 is 15.2 Å². The van der Waals surface area contributed by atoms with Crippen molar-refractivity contribution in [2.45, 2.75) is 53.4 Å². The fourth-order valence-corrected chi connectivity index (χ4v) is 7.42. The molecule has 1 aromatic heterocycles. The van der Waals surface area contributed by atoms with Crippen LogP contribution < -0.4 is 5.32 Å². The molecule has 0 spiro atoms. The van der Waals surface area contributed by atoms with Gasteiger partial charge in [0.05, 0.1) is 41.3 Å². The predicted octanol–water partition coefficient (Wildman–Crippen LogP) is 7.89. The smallest absolute Gasteiger partial charge is 0.305 e. The number of hydrogen-bond donors (Lipinski definition) is 2. The summed E-state index contributed by atoms with van der Waals surface area (Å²) in [6.45, 7) is 12.6. The molecule has 0 radical (unpaired) electrons. The molecule has 242 valence electrons. The van der Waals surface area contributed by atoms with Gasteiger partial charge in [0.15, 0.2) is 0 Å². The second kappa shape index (κ2) is 12.3. The number of hydrogen-bond acceptors (Lipinski definition) is 8. The fraction of sp³-hybridized carbons (Fsp3) is 0.275. The third-order valence-electron chi connectivity index (χ3n) is 10.1. The van der Waals surface area contributed by atoms with Crippen LogP contribution in [0.25, 0.3) is 6.08 Å². The van der Waals surface area contributed by atoms with Crippen LogP contribution in [-0.2, 0) is 9.53 Å². The second-order valence-electron chi connectivity index (χ2n) is 12.8. The number of aliphatic imine (C=N–C) groups is 3. The molecule has 0 aromatic carbocycles. The number of nitrogens with one attached hydrogen (secondary N) is 1. The van der Waals surface area contributed by atoms with Crippen LogP contribution in [0, 0.1) is 11.8 Å². The number of aliphatic hydroxyl groups is 1. The Bertz CT molecular complexity index is 2050. The predicted molar refractivity (Wildman–Crippen MR) is 191 cm³/mol. The van der Waals surface area contributed by atoms with Crippen LogP contribution in [0.4, 0.5) is 0 Å². The van der Waals surface area contributed by atoms with E-state index in [1.807, 2.05) is 36.4 Å². The van der Waals surface area contributed by atoms with Crippen molar-refractivity contribution in [2.75, 3.05) is 7.11 Å². The average Bonchev–Trinajstić information content (AvgIpc) is 3.84. The highest BCUT2D eigenvalue weighted by Gasteiger charge is 2.41. The van der Waals surface area contributed by atoms with Crippen LogP contribution in [0.5, 0.6) is 0 Å². The zero-order valence-corrected chi connectivity index (χ0v) is 28.0. The third kappa shape index (κ3) is 5.21. The molecule has 8 bridgehead atoms. The molecule has 1 aromatic rings. The van der Waals surface area contributed by atoms with Gasteiger partial charge in [0, 0.05) is 70.8 Å². The summed E-state index contributed by atoms with van der Waals surface area (Å²) in [5, 5.41) is 15.4. The van der Waals surface area contributed by atoms with E-state index in [4.69, 9.17) is 19.7 Å². The van der Waals surface area contributed by atoms with Crippen molar-refractivity contribution in [3.63, 3.8) is 0 Å². The number of allylic oxidation sites excluding steroid dienone is 13. The van der Waals surface area contributed by atoms with Crippen molar-refractivity contribution in [2.24, 2.45) is 26.8 Å². The molecule has 48 heavy (non-hydrogen) atoms. The molecule has 5 aliphatic heterocycles. The monoisotopic (exact) mass is 637 g/mol. The molecular weight excluding hydrogens is 598 g/mol. The van der Waals surface area contributed by atoms with Crippen molar-refractivity contribution < 1.29 is 14.6 Å². The van der Waals surface area contributed by atoms with E-state index in [2.05, 4.69) is 56.7 Å². The van der Waals surface area contributed by atoms with Crippen LogP contribution in [0.3, 0.4) is 0 Å². The Morgan fingerprint density at radius 3 is 2.52 bits per heavy atom. The third-order valence-corrected chi connectivity index (χ3v) is 10.1. The number of fused-ring (bicyclic) bond motifs is 5. The summed E-state index contributed by atoms with van der Waals surface area (Å²) in [5.41, 5.74) is 14.7. The van der Waals surface area contributed by atoms with Gasteiger partial charge in [-0.25, -0.2) is 15.0 Å². The SMILES string of the molecule is C=CC1=C(C)C2=NC1=CC1=NC(=CC3=C(/C=C/c4ccncc4)C4=C(O)CC(=C5NC(=C2)[C@@H](C)[C@@H]5CCC(=O)OC)C4=N3)C(CC)=C1C. The minimum Gasteiger partial charge on any atom is -0.511 e. The molecule has 0 unspecified atom stereocenters. The van der Waals surface area contributed by atoms with E-state index in [9.17, 15) is 9.90 Å². The van der Waals surface area contributed by atoms with Crippen LogP contribution in [0.15, 0.2) is 150 Å². The van der Waals surface area contributed by atoms with Crippen LogP contribution in [0.2, 0.25) is 0 Å². The number of rotatable bonds is 7. The lowest BCUT2D eigenvalue weighted by atomic mass is 9.86. The van der Waals surface area contributed by atoms with Crippen molar-refractivity contribution in [1.82, 2.24) is 10.3 Å². The molecule has 1 saturated heterocycles. The minimum absolute atomic E-state index is 0.0203. The summed E-state index contributed by atoms with van der Waals surface area (Å²) in [6.07, 6.45) is 17.7. The molecule has 0 amide bonds. The Labute approximate surface area is 281 Å². The Morgan fingerprint density at radius 2 is 1.79 bits per heavy atom. The van der Waals surface area contributed by atoms with Crippen molar-refractivity contribution in [3.8, 4) is 0 Å². The van der Waals surface area contributed by atoms with Crippen molar-refractivity contribution in [3.05, 3.63) is 140 Å². The first-order valence-corrected chi connectivity index (χ1v) is 16.5. The van der Waals surface area contributed by atoms with E-state index in [0.717, 1.165) is 96.6 Å². The van der Waals surface area contributed by atoms with Crippen LogP contribution in [0.1, 0.15) is 58.9 Å². The van der Waals surface area contributed by atoms with Gasteiger partial charge >= 0.3 is 5.97 Å². The van der Waals surface area contributed by atoms with Gasteiger partial charge in [-0.2, -0.15) is 0 Å². The number of aliphatic hydroxyl groups excluding tert-OH is 1. The molecule has 6 aliphatic rings. The van der Waals surface area contributed by atoms with Crippen molar-refractivity contribution in [1.29, 1.82) is 0 Å². The minimum atomic E-state index is -0.247. The Hall–Kier alpha value is -5.37. The maximum atomic E-state index is 12.3.